The average molecular weight is 474 g/mol. The topological polar surface area (TPSA) is 9.23 Å². The zero-order chi connectivity index (χ0) is 14.5. The molecule has 1 aromatic carbocycles. The van der Waals surface area contributed by atoms with E-state index in [4.69, 9.17) is 4.74 Å². The maximum absolute atomic E-state index is 5.97. The Kier molecular flexibility index (Phi) is 6.94. The molecule has 106 valence electrons. The molecule has 0 spiro atoms. The van der Waals surface area contributed by atoms with E-state index in [-0.39, 0.29) is 0 Å². The van der Waals surface area contributed by atoms with E-state index in [1.165, 1.54) is 5.56 Å². The molecule has 0 aromatic heterocycles. The molecule has 0 heterocycles. The molecule has 1 nitrogen and oxygen atoms in total. The van der Waals surface area contributed by atoms with Gasteiger partial charge in [-0.15, -0.1) is 0 Å². The first-order valence-corrected chi connectivity index (χ1v) is 27.2. The molecule has 0 aliphatic carbocycles. The third-order valence-electron chi connectivity index (χ3n) is 2.94. The Balaban J connectivity index is 2.63. The summed E-state index contributed by atoms with van der Waals surface area (Å²) >= 11 is -3.85. The Morgan fingerprint density at radius 2 is 1.58 bits per heavy atom. The van der Waals surface area contributed by atoms with Gasteiger partial charge in [-0.2, -0.15) is 0 Å². The molecule has 1 rings (SSSR count). The fourth-order valence-corrected chi connectivity index (χ4v) is 24.4. The van der Waals surface area contributed by atoms with Crippen molar-refractivity contribution in [3.8, 4) is 0 Å². The normalized spacial score (nSPS) is 13.7. The van der Waals surface area contributed by atoms with Crippen molar-refractivity contribution in [2.24, 2.45) is 0 Å². The molecule has 0 aliphatic rings. The van der Waals surface area contributed by atoms with Crippen molar-refractivity contribution in [1.29, 1.82) is 0 Å². The van der Waals surface area contributed by atoms with Crippen molar-refractivity contribution in [1.82, 2.24) is 0 Å². The van der Waals surface area contributed by atoms with Gasteiger partial charge in [0.25, 0.3) is 0 Å². The number of hydrogen-bond acceptors (Lipinski definition) is 1. The molecule has 0 aliphatic heterocycles. The molecule has 0 bridgehead atoms. The van der Waals surface area contributed by atoms with Crippen LogP contribution in [0.1, 0.15) is 5.56 Å². The van der Waals surface area contributed by atoms with Crippen molar-refractivity contribution >= 4 is 36.8 Å². The maximum atomic E-state index is 5.97. The Bertz CT molecular complexity index is 411. The predicted molar refractivity (Wildman–Crippen MR) is 90.9 cm³/mol. The summed E-state index contributed by atoms with van der Waals surface area (Å²) < 4.78 is 10.3. The molecule has 0 saturated carbocycles. The molecular weight excluding hydrogens is 446 g/mol. The minimum atomic E-state index is -1.99. The quantitative estimate of drug-likeness (QED) is 0.535. The van der Waals surface area contributed by atoms with Crippen LogP contribution < -0.4 is 0 Å². The zero-order valence-electron chi connectivity index (χ0n) is 13.3. The molecule has 0 fully saturated rings. The van der Waals surface area contributed by atoms with E-state index >= 15 is 0 Å². The minimum absolute atomic E-state index is 0.736. The van der Waals surface area contributed by atoms with Gasteiger partial charge in [-0.25, -0.2) is 0 Å². The second kappa shape index (κ2) is 7.50. The Labute approximate surface area is 127 Å². The fraction of sp³-hybridized carbons (Fsp3) is 0.500. The Morgan fingerprint density at radius 1 is 1.00 bits per heavy atom. The zero-order valence-corrected chi connectivity index (χ0v) is 19.0. The van der Waals surface area contributed by atoms with Gasteiger partial charge in [0.2, 0.25) is 0 Å². The van der Waals surface area contributed by atoms with Crippen LogP contribution in [-0.2, 0) is 11.3 Å². The van der Waals surface area contributed by atoms with Crippen molar-refractivity contribution in [2.45, 2.75) is 36.2 Å². The average Bonchev–Trinajstić information content (AvgIpc) is 2.26. The number of benzene rings is 1. The number of hydrogen-bond donors (Lipinski definition) is 0. The van der Waals surface area contributed by atoms with Crippen LogP contribution >= 0.6 is 0 Å². The van der Waals surface area contributed by atoms with Crippen LogP contribution in [0.15, 0.2) is 38.0 Å². The van der Waals surface area contributed by atoms with Crippen LogP contribution in [-0.4, -0.2) is 43.4 Å². The van der Waals surface area contributed by atoms with Crippen LogP contribution in [0.25, 0.3) is 0 Å². The molecule has 0 unspecified atom stereocenters. The molecule has 0 N–H and O–H groups in total. The van der Waals surface area contributed by atoms with Gasteiger partial charge in [0.1, 0.15) is 0 Å². The van der Waals surface area contributed by atoms with Crippen LogP contribution in [0, 0.1) is 0 Å². The Hall–Kier alpha value is 0.517. The van der Waals surface area contributed by atoms with Gasteiger partial charge in [0.15, 0.2) is 0 Å². The summed E-state index contributed by atoms with van der Waals surface area (Å²) in [6, 6.07) is 10.5. The number of ether oxygens (including phenoxy) is 1. The van der Waals surface area contributed by atoms with Gasteiger partial charge in [-0.3, -0.25) is 0 Å². The molecule has 0 atom stereocenters. The first kappa shape index (κ1) is 17.6. The van der Waals surface area contributed by atoms with Crippen LogP contribution in [0.4, 0.5) is 0 Å². The van der Waals surface area contributed by atoms with Gasteiger partial charge in [-0.05, 0) is 0 Å². The summed E-state index contributed by atoms with van der Waals surface area (Å²) in [4.78, 5) is 14.9. The second-order valence-electron chi connectivity index (χ2n) is 7.26. The van der Waals surface area contributed by atoms with E-state index in [2.05, 4.69) is 64.1 Å². The molecule has 19 heavy (non-hydrogen) atoms. The fourth-order valence-electron chi connectivity index (χ4n) is 1.85. The van der Waals surface area contributed by atoms with Gasteiger partial charge < -0.3 is 0 Å². The Morgan fingerprint density at radius 3 is 2.05 bits per heavy atom. The summed E-state index contributed by atoms with van der Waals surface area (Å²) in [5.41, 5.74) is 1.27. The monoisotopic (exact) mass is 476 g/mol. The van der Waals surface area contributed by atoms with Gasteiger partial charge in [-0.1, -0.05) is 0 Å². The summed E-state index contributed by atoms with van der Waals surface area (Å²) in [6.45, 7) is 1.59. The summed E-state index contributed by atoms with van der Waals surface area (Å²) in [5, 5.41) is 0. The van der Waals surface area contributed by atoms with Crippen LogP contribution in [0.2, 0.25) is 29.6 Å². The van der Waals surface area contributed by atoms with E-state index in [0.717, 1.165) is 13.2 Å². The third kappa shape index (κ3) is 7.76. The second-order valence-corrected chi connectivity index (χ2v) is 36.3. The van der Waals surface area contributed by atoms with Crippen molar-refractivity contribution in [3.05, 3.63) is 43.6 Å². The van der Waals surface area contributed by atoms with Crippen LogP contribution in [0.3, 0.4) is 0 Å². The molecular formula is C16H28OSn2. The first-order chi connectivity index (χ1) is 8.68. The predicted octanol–water partition coefficient (Wildman–Crippen LogP) is 4.88. The summed E-state index contributed by atoms with van der Waals surface area (Å²) in [6.07, 6.45) is 0. The molecule has 1 aromatic rings. The summed E-state index contributed by atoms with van der Waals surface area (Å²) in [5.74, 6) is 0. The van der Waals surface area contributed by atoms with E-state index in [9.17, 15) is 0 Å². The number of rotatable bonds is 6. The third-order valence-corrected chi connectivity index (χ3v) is 15.1. The van der Waals surface area contributed by atoms with Crippen LogP contribution in [0.5, 0.6) is 0 Å². The summed E-state index contributed by atoms with van der Waals surface area (Å²) in [7, 11) is 0. The van der Waals surface area contributed by atoms with E-state index in [1.54, 1.807) is 3.59 Å². The standard InChI is InChI=1S/C10H10O.6CH3.2Sn/c1-2-8-11-9-10-6-4-3-5-7-10;;;;;;;;/h1,3-7H,8-9H2;6*1H3;;. The molecule has 0 saturated heterocycles. The first-order valence-electron chi connectivity index (χ1n) is 7.02. The van der Waals surface area contributed by atoms with Gasteiger partial charge >= 0.3 is 128 Å². The van der Waals surface area contributed by atoms with Gasteiger partial charge in [0.05, 0.1) is 0 Å². The van der Waals surface area contributed by atoms with Gasteiger partial charge in [0, 0.05) is 0 Å². The molecule has 0 radical (unpaired) electrons. The molecule has 3 heteroatoms. The van der Waals surface area contributed by atoms with Crippen molar-refractivity contribution < 1.29 is 4.74 Å². The van der Waals surface area contributed by atoms with E-state index < -0.39 is 36.8 Å². The molecule has 0 amide bonds. The SMILES string of the molecule is [CH3][Sn]([CH3])([CH3])/[CH]=[C](/COCc1ccccc1)[Sn]([CH3])([CH3])[CH3]. The van der Waals surface area contributed by atoms with Crippen molar-refractivity contribution in [3.63, 3.8) is 0 Å². The van der Waals surface area contributed by atoms with Crippen molar-refractivity contribution in [2.75, 3.05) is 6.61 Å². The van der Waals surface area contributed by atoms with E-state index in [1.807, 2.05) is 0 Å². The van der Waals surface area contributed by atoms with E-state index in [0.29, 0.717) is 0 Å².